The van der Waals surface area contributed by atoms with Gasteiger partial charge in [0.1, 0.15) is 13.2 Å². The van der Waals surface area contributed by atoms with E-state index < -0.39 is 24.3 Å². The molecule has 536 valence electrons. The molecule has 1 N–H and O–H groups in total. The normalized spacial score (nSPS) is 13.3. The van der Waals surface area contributed by atoms with Crippen LogP contribution in [0.2, 0.25) is 0 Å². The minimum Gasteiger partial charge on any atom is -0.477 e. The fourth-order valence-corrected chi connectivity index (χ4v) is 11.1. The zero-order chi connectivity index (χ0) is 67.5. The van der Waals surface area contributed by atoms with Crippen molar-refractivity contribution in [1.82, 2.24) is 0 Å². The van der Waals surface area contributed by atoms with Gasteiger partial charge in [-0.05, 0) is 103 Å². The van der Waals surface area contributed by atoms with Crippen molar-refractivity contribution < 1.29 is 42.9 Å². The lowest BCUT2D eigenvalue weighted by Crippen LogP contribution is -2.40. The zero-order valence-electron chi connectivity index (χ0n) is 61.4. The van der Waals surface area contributed by atoms with Crippen LogP contribution in [0, 0.1) is 0 Å². The van der Waals surface area contributed by atoms with E-state index in [-0.39, 0.29) is 32.2 Å². The van der Waals surface area contributed by atoms with E-state index in [0.717, 1.165) is 96.3 Å². The monoisotopic (exact) mass is 1300 g/mol. The summed E-state index contributed by atoms with van der Waals surface area (Å²) in [5.74, 6) is -1.99. The number of nitrogens with zero attached hydrogens (tertiary/aromatic N) is 1. The number of unbranched alkanes of at least 4 members (excludes halogenated alkanes) is 39. The second-order valence-electron chi connectivity index (χ2n) is 27.3. The predicted molar refractivity (Wildman–Crippen MR) is 401 cm³/mol. The van der Waals surface area contributed by atoms with Crippen LogP contribution < -0.4 is 0 Å². The fraction of sp³-hybridized carbons (Fsp3) is 0.750. The van der Waals surface area contributed by atoms with Crippen LogP contribution in [0.5, 0.6) is 0 Å². The van der Waals surface area contributed by atoms with Gasteiger partial charge in [0, 0.05) is 12.8 Å². The Kier molecular flexibility index (Phi) is 70.5. The average molecular weight is 1300 g/mol. The summed E-state index contributed by atoms with van der Waals surface area (Å²) in [6, 6.07) is 0. The van der Waals surface area contributed by atoms with E-state index in [1.165, 1.54) is 225 Å². The molecule has 0 rings (SSSR count). The van der Waals surface area contributed by atoms with E-state index in [9.17, 15) is 19.5 Å². The van der Waals surface area contributed by atoms with Crippen molar-refractivity contribution in [3.63, 3.8) is 0 Å². The molecule has 0 amide bonds. The summed E-state index contributed by atoms with van der Waals surface area (Å²) >= 11 is 0. The van der Waals surface area contributed by atoms with Gasteiger partial charge in [-0.2, -0.15) is 0 Å². The highest BCUT2D eigenvalue weighted by atomic mass is 16.7. The molecule has 0 aromatic carbocycles. The van der Waals surface area contributed by atoms with E-state index in [1.54, 1.807) is 0 Å². The van der Waals surface area contributed by atoms with Gasteiger partial charge >= 0.3 is 17.9 Å². The van der Waals surface area contributed by atoms with E-state index in [1.807, 2.05) is 21.1 Å². The number of carboxylic acids is 1. The van der Waals surface area contributed by atoms with Crippen LogP contribution in [0.3, 0.4) is 0 Å². The summed E-state index contributed by atoms with van der Waals surface area (Å²) in [4.78, 5) is 37.7. The van der Waals surface area contributed by atoms with E-state index in [4.69, 9.17) is 18.9 Å². The van der Waals surface area contributed by atoms with E-state index >= 15 is 0 Å². The Bertz CT molecular complexity index is 1900. The number of carboxylic acid groups (broad SMARTS) is 1. The number of likely N-dealkylation sites (N-methyl/N-ethyl adjacent to an activating group) is 1. The largest absolute Gasteiger partial charge is 0.477 e. The smallest absolute Gasteiger partial charge is 0.361 e. The summed E-state index contributed by atoms with van der Waals surface area (Å²) in [5.41, 5.74) is 0. The van der Waals surface area contributed by atoms with Gasteiger partial charge in [-0.25, -0.2) is 4.79 Å². The van der Waals surface area contributed by atoms with Crippen LogP contribution in [0.25, 0.3) is 0 Å². The number of hydrogen-bond donors (Lipinski definition) is 1. The van der Waals surface area contributed by atoms with Crippen molar-refractivity contribution in [2.24, 2.45) is 0 Å². The first-order chi connectivity index (χ1) is 45.6. The van der Waals surface area contributed by atoms with Crippen molar-refractivity contribution in [1.29, 1.82) is 0 Å². The van der Waals surface area contributed by atoms with Crippen LogP contribution >= 0.6 is 0 Å². The Morgan fingerprint density at radius 2 is 0.613 bits per heavy atom. The van der Waals surface area contributed by atoms with Gasteiger partial charge < -0.3 is 28.5 Å². The van der Waals surface area contributed by atoms with Crippen molar-refractivity contribution >= 4 is 17.9 Å². The molecule has 0 radical (unpaired) electrons. The Balaban J connectivity index is 4.05. The van der Waals surface area contributed by atoms with Crippen LogP contribution in [0.15, 0.2) is 109 Å². The van der Waals surface area contributed by atoms with Gasteiger partial charge in [-0.15, -0.1) is 0 Å². The first-order valence-electron chi connectivity index (χ1n) is 39.1. The van der Waals surface area contributed by atoms with Gasteiger partial charge in [0.25, 0.3) is 6.29 Å². The number of allylic oxidation sites excluding steroid dienone is 18. The highest BCUT2D eigenvalue weighted by Gasteiger charge is 2.25. The quantitative estimate of drug-likeness (QED) is 0.0211. The summed E-state index contributed by atoms with van der Waals surface area (Å²) in [5, 5.41) is 9.77. The molecule has 0 spiro atoms. The zero-order valence-corrected chi connectivity index (χ0v) is 61.4. The number of carbonyl (C=O) groups excluding carboxylic acids is 2. The lowest BCUT2D eigenvalue weighted by atomic mass is 10.0. The van der Waals surface area contributed by atoms with Gasteiger partial charge in [-0.1, -0.05) is 342 Å². The second-order valence-corrected chi connectivity index (χ2v) is 27.3. The van der Waals surface area contributed by atoms with E-state index in [2.05, 4.69) is 123 Å². The Hall–Kier alpha value is -4.05. The third-order valence-electron chi connectivity index (χ3n) is 17.0. The molecule has 0 heterocycles. The molecule has 9 heteroatoms. The van der Waals surface area contributed by atoms with Crippen LogP contribution in [-0.4, -0.2) is 87.4 Å². The van der Waals surface area contributed by atoms with Gasteiger partial charge in [-0.3, -0.25) is 9.59 Å². The summed E-state index contributed by atoms with van der Waals surface area (Å²) in [7, 11) is 5.99. The molecule has 0 aromatic heterocycles. The SMILES string of the molecule is CC/C=C\C/C=C\C/C=C\C/C=C\C/C=C\C/C=C\C/C=C\CCCCCCCCCCCCCCCC(=O)OC(COC(=O)CCCCCCCCCCCCCCCCCCCCCCC/C=C\C/C=C\CCCCCCC)COC(OCC[N+](C)(C)C)C(=O)O. The van der Waals surface area contributed by atoms with Crippen molar-refractivity contribution in [2.45, 2.75) is 360 Å². The minimum absolute atomic E-state index is 0.183. The molecule has 0 aliphatic rings. The van der Waals surface area contributed by atoms with Crippen molar-refractivity contribution in [2.75, 3.05) is 47.5 Å². The minimum atomic E-state index is -1.52. The Morgan fingerprint density at radius 1 is 0.333 bits per heavy atom. The molecule has 0 fully saturated rings. The van der Waals surface area contributed by atoms with Crippen LogP contribution in [-0.2, 0) is 33.3 Å². The van der Waals surface area contributed by atoms with Crippen molar-refractivity contribution in [3.05, 3.63) is 109 Å². The van der Waals surface area contributed by atoms with Crippen LogP contribution in [0.1, 0.15) is 348 Å². The number of esters is 2. The summed E-state index contributed by atoms with van der Waals surface area (Å²) in [6.45, 7) is 4.79. The highest BCUT2D eigenvalue weighted by Crippen LogP contribution is 2.18. The summed E-state index contributed by atoms with van der Waals surface area (Å²) in [6.07, 6.45) is 101. The molecule has 93 heavy (non-hydrogen) atoms. The number of hydrogen-bond acceptors (Lipinski definition) is 7. The van der Waals surface area contributed by atoms with Gasteiger partial charge in [0.15, 0.2) is 6.10 Å². The molecule has 0 aliphatic heterocycles. The number of rotatable bonds is 72. The number of aliphatic carboxylic acids is 1. The maximum atomic E-state index is 13.0. The number of quaternary nitrogens is 1. The Labute approximate surface area is 575 Å². The fourth-order valence-electron chi connectivity index (χ4n) is 11.1. The third-order valence-corrected chi connectivity index (χ3v) is 17.0. The maximum Gasteiger partial charge on any atom is 0.361 e. The molecule has 2 atom stereocenters. The molecule has 0 aromatic rings. The number of carbonyl (C=O) groups is 3. The molecule has 0 saturated carbocycles. The molecule has 0 saturated heterocycles. The molecule has 2 unspecified atom stereocenters. The lowest BCUT2D eigenvalue weighted by Gasteiger charge is -2.25. The molecular formula is C84H148NO8+. The highest BCUT2D eigenvalue weighted by molar-refractivity contribution is 5.71. The van der Waals surface area contributed by atoms with E-state index in [0.29, 0.717) is 17.4 Å². The Morgan fingerprint density at radius 3 is 0.914 bits per heavy atom. The van der Waals surface area contributed by atoms with Gasteiger partial charge in [0.2, 0.25) is 0 Å². The number of ether oxygens (including phenoxy) is 4. The molecule has 0 bridgehead atoms. The topological polar surface area (TPSA) is 108 Å². The van der Waals surface area contributed by atoms with Gasteiger partial charge in [0.05, 0.1) is 34.4 Å². The summed E-state index contributed by atoms with van der Waals surface area (Å²) < 4.78 is 23.0. The molecule has 9 nitrogen and oxygen atoms in total. The third kappa shape index (κ3) is 75.2. The first kappa shape index (κ1) is 89.0. The molecular weight excluding hydrogens is 1150 g/mol. The maximum absolute atomic E-state index is 13.0. The average Bonchev–Trinajstić information content (AvgIpc) is 3.74. The van der Waals surface area contributed by atoms with Crippen molar-refractivity contribution in [3.8, 4) is 0 Å². The van der Waals surface area contributed by atoms with Crippen LogP contribution in [0.4, 0.5) is 0 Å². The second kappa shape index (κ2) is 73.8. The standard InChI is InChI=1S/C84H147NO8/c1-6-8-10-12-14-16-18-20-22-24-26-28-30-32-34-36-38-40-41-43-45-47-49-51-53-55-57-59-61-63-65-67-69-71-73-75-82(87)93-80(79-92-84(83(88)89)90-77-76-85(3,4)5)78-91-81(86)74-72-70-68-66-64-62-60-58-56-54-52-50-48-46-44-42-39-37-35-33-31-29-27-25-23-21-19-17-15-13-11-9-7-2/h8,10,14,16,19-22,25-28,32,34,38,40,43,45,80,84H,6-7,9,11-13,15,17-18,23-24,29-31,33,35-37,39,41-42,44,46-79H2,1-5H3/p+1/b10-8-,16-14-,21-19-,22-20-,27-25-,28-26-,34-32-,40-38-,45-43-. The predicted octanol–water partition coefficient (Wildman–Crippen LogP) is 24.9. The first-order valence-corrected chi connectivity index (χ1v) is 39.1. The lowest BCUT2D eigenvalue weighted by molar-refractivity contribution is -0.870. The molecule has 0 aliphatic carbocycles.